The summed E-state index contributed by atoms with van der Waals surface area (Å²) in [6, 6.07) is 2.28. The predicted molar refractivity (Wildman–Crippen MR) is 78.9 cm³/mol. The number of nitriles is 1. The lowest BCUT2D eigenvalue weighted by atomic mass is 9.65. The molecule has 0 unspecified atom stereocenters. The first-order valence-corrected chi connectivity index (χ1v) is 7.94. The molecule has 2 rings (SSSR count). The first kappa shape index (κ1) is 14.3. The number of carbonyl (C=O) groups excluding carboxylic acids is 1. The molecule has 0 spiro atoms. The number of fused-ring (bicyclic) bond motifs is 1. The average Bonchev–Trinajstić information content (AvgIpc) is 2.34. The van der Waals surface area contributed by atoms with Gasteiger partial charge in [-0.05, 0) is 24.5 Å². The van der Waals surface area contributed by atoms with E-state index >= 15 is 0 Å². The third-order valence-corrected chi connectivity index (χ3v) is 4.72. The number of rotatable bonds is 2. The van der Waals surface area contributed by atoms with E-state index in [-0.39, 0.29) is 23.0 Å². The zero-order valence-corrected chi connectivity index (χ0v) is 12.8. The number of nitrogens with zero attached hydrogens (tertiary/aromatic N) is 2. The van der Waals surface area contributed by atoms with Crippen molar-refractivity contribution < 1.29 is 4.79 Å². The molecular formula is C15H20N2OS. The standard InChI is InChI=1S/C15H20N2OS/c1-5-9-10(8-16)14(19-4)17-11-6-15(2,3)7-12(18)13(9)11/h9,13H,5-7H2,1-4H3/t9-,13+/m0/s1. The monoisotopic (exact) mass is 276 g/mol. The molecule has 4 heteroatoms. The topological polar surface area (TPSA) is 53.2 Å². The summed E-state index contributed by atoms with van der Waals surface area (Å²) in [6.45, 7) is 6.29. The van der Waals surface area contributed by atoms with E-state index in [9.17, 15) is 10.1 Å². The number of aliphatic imine (C=N–C) groups is 1. The normalized spacial score (nSPS) is 29.6. The lowest BCUT2D eigenvalue weighted by molar-refractivity contribution is -0.124. The van der Waals surface area contributed by atoms with Crippen LogP contribution in [-0.2, 0) is 4.79 Å². The van der Waals surface area contributed by atoms with Crippen LogP contribution in [0.15, 0.2) is 15.6 Å². The van der Waals surface area contributed by atoms with E-state index in [1.165, 1.54) is 11.8 Å². The molecule has 0 aromatic carbocycles. The molecular weight excluding hydrogens is 256 g/mol. The molecule has 1 heterocycles. The molecule has 0 aromatic rings. The second kappa shape index (κ2) is 5.13. The summed E-state index contributed by atoms with van der Waals surface area (Å²) >= 11 is 1.51. The minimum atomic E-state index is -0.149. The molecule has 0 aromatic heterocycles. The third-order valence-electron chi connectivity index (χ3n) is 4.02. The fourth-order valence-corrected chi connectivity index (χ4v) is 3.86. The molecule has 0 N–H and O–H groups in total. The van der Waals surface area contributed by atoms with Gasteiger partial charge in [-0.25, -0.2) is 4.99 Å². The molecule has 0 saturated heterocycles. The van der Waals surface area contributed by atoms with Gasteiger partial charge in [0, 0.05) is 18.1 Å². The highest BCUT2D eigenvalue weighted by Gasteiger charge is 2.45. The molecule has 19 heavy (non-hydrogen) atoms. The highest BCUT2D eigenvalue weighted by molar-refractivity contribution is 8.02. The van der Waals surface area contributed by atoms with Crippen LogP contribution in [0.1, 0.15) is 40.0 Å². The number of hydrogen-bond donors (Lipinski definition) is 0. The lowest BCUT2D eigenvalue weighted by Gasteiger charge is -2.40. The van der Waals surface area contributed by atoms with Crippen molar-refractivity contribution in [2.45, 2.75) is 40.0 Å². The Morgan fingerprint density at radius 1 is 1.47 bits per heavy atom. The first-order chi connectivity index (χ1) is 8.93. The smallest absolute Gasteiger partial charge is 0.142 e. The van der Waals surface area contributed by atoms with Crippen LogP contribution in [0.3, 0.4) is 0 Å². The number of thioether (sulfide) groups is 1. The van der Waals surface area contributed by atoms with Gasteiger partial charge in [0.25, 0.3) is 0 Å². The molecule has 2 atom stereocenters. The van der Waals surface area contributed by atoms with Crippen LogP contribution in [0.2, 0.25) is 0 Å². The van der Waals surface area contributed by atoms with E-state index in [1.54, 1.807) is 0 Å². The maximum atomic E-state index is 12.5. The molecule has 1 aliphatic heterocycles. The predicted octanol–water partition coefficient (Wildman–Crippen LogP) is 3.57. The van der Waals surface area contributed by atoms with Gasteiger partial charge in [0.2, 0.25) is 0 Å². The Balaban J connectivity index is 2.51. The fourth-order valence-electron chi connectivity index (χ4n) is 3.24. The van der Waals surface area contributed by atoms with Crippen LogP contribution in [0.25, 0.3) is 0 Å². The quantitative estimate of drug-likeness (QED) is 0.774. The van der Waals surface area contributed by atoms with Gasteiger partial charge in [-0.1, -0.05) is 20.8 Å². The summed E-state index contributed by atoms with van der Waals surface area (Å²) in [5.41, 5.74) is 1.70. The minimum Gasteiger partial charge on any atom is -0.299 e. The summed E-state index contributed by atoms with van der Waals surface area (Å²) in [6.07, 6.45) is 4.23. The van der Waals surface area contributed by atoms with Crippen molar-refractivity contribution >= 4 is 23.3 Å². The van der Waals surface area contributed by atoms with Crippen LogP contribution in [-0.4, -0.2) is 17.8 Å². The number of carbonyl (C=O) groups is 1. The Labute approximate surface area is 119 Å². The average molecular weight is 276 g/mol. The van der Waals surface area contributed by atoms with Crippen LogP contribution in [0, 0.1) is 28.6 Å². The summed E-state index contributed by atoms with van der Waals surface area (Å²) in [4.78, 5) is 17.1. The highest BCUT2D eigenvalue weighted by Crippen LogP contribution is 2.44. The van der Waals surface area contributed by atoms with E-state index in [4.69, 9.17) is 0 Å². The summed E-state index contributed by atoms with van der Waals surface area (Å²) in [7, 11) is 0. The maximum absolute atomic E-state index is 12.5. The van der Waals surface area contributed by atoms with E-state index in [0.29, 0.717) is 12.0 Å². The maximum Gasteiger partial charge on any atom is 0.142 e. The van der Waals surface area contributed by atoms with Gasteiger partial charge in [-0.3, -0.25) is 4.79 Å². The van der Waals surface area contributed by atoms with Crippen LogP contribution in [0.5, 0.6) is 0 Å². The van der Waals surface area contributed by atoms with Crippen LogP contribution >= 0.6 is 11.8 Å². The van der Waals surface area contributed by atoms with E-state index in [1.807, 2.05) is 6.26 Å². The zero-order valence-electron chi connectivity index (χ0n) is 12.0. The van der Waals surface area contributed by atoms with Crippen molar-refractivity contribution in [3.05, 3.63) is 10.6 Å². The second-order valence-electron chi connectivity index (χ2n) is 6.11. The number of ketones is 1. The fraction of sp³-hybridized carbons (Fsp3) is 0.667. The Morgan fingerprint density at radius 3 is 2.68 bits per heavy atom. The summed E-state index contributed by atoms with van der Waals surface area (Å²) in [5.74, 6) is 0.141. The molecule has 0 radical (unpaired) electrons. The largest absolute Gasteiger partial charge is 0.299 e. The minimum absolute atomic E-state index is 0.00161. The molecule has 0 bridgehead atoms. The van der Waals surface area contributed by atoms with E-state index in [0.717, 1.165) is 23.6 Å². The van der Waals surface area contributed by atoms with Gasteiger partial charge in [0.15, 0.2) is 0 Å². The van der Waals surface area contributed by atoms with E-state index < -0.39 is 0 Å². The van der Waals surface area contributed by atoms with Crippen molar-refractivity contribution in [2.24, 2.45) is 22.2 Å². The third kappa shape index (κ3) is 2.49. The number of allylic oxidation sites excluding steroid dienone is 1. The number of Topliss-reactive ketones (excluding diaryl/α,β-unsaturated/α-hetero) is 1. The summed E-state index contributed by atoms with van der Waals surface area (Å²) < 4.78 is 0. The summed E-state index contributed by atoms with van der Waals surface area (Å²) in [5, 5.41) is 10.2. The molecule has 1 saturated carbocycles. The Bertz CT molecular complexity index is 511. The van der Waals surface area contributed by atoms with Gasteiger partial charge in [0.1, 0.15) is 10.8 Å². The molecule has 102 valence electrons. The molecule has 0 amide bonds. The first-order valence-electron chi connectivity index (χ1n) is 6.72. The SMILES string of the molecule is CC[C@H]1C(C#N)=C(SC)N=C2CC(C)(C)CC(=O)[C@@H]21. The van der Waals surface area contributed by atoms with Crippen molar-refractivity contribution in [1.82, 2.24) is 0 Å². The van der Waals surface area contributed by atoms with Gasteiger partial charge in [0.05, 0.1) is 17.6 Å². The highest BCUT2D eigenvalue weighted by atomic mass is 32.2. The zero-order chi connectivity index (χ0) is 14.2. The molecule has 1 fully saturated rings. The molecule has 1 aliphatic carbocycles. The molecule has 2 aliphatic rings. The Kier molecular flexibility index (Phi) is 3.87. The Morgan fingerprint density at radius 2 is 2.16 bits per heavy atom. The Hall–Kier alpha value is -1.08. The van der Waals surface area contributed by atoms with Crippen molar-refractivity contribution in [3.63, 3.8) is 0 Å². The van der Waals surface area contributed by atoms with Gasteiger partial charge in [-0.15, -0.1) is 11.8 Å². The van der Waals surface area contributed by atoms with Gasteiger partial charge in [-0.2, -0.15) is 5.26 Å². The van der Waals surface area contributed by atoms with Crippen LogP contribution < -0.4 is 0 Å². The van der Waals surface area contributed by atoms with Gasteiger partial charge < -0.3 is 0 Å². The van der Waals surface area contributed by atoms with Crippen LogP contribution in [0.4, 0.5) is 0 Å². The van der Waals surface area contributed by atoms with Crippen molar-refractivity contribution in [3.8, 4) is 6.07 Å². The lowest BCUT2D eigenvalue weighted by Crippen LogP contribution is -2.43. The van der Waals surface area contributed by atoms with Crippen molar-refractivity contribution in [2.75, 3.05) is 6.26 Å². The molecule has 3 nitrogen and oxygen atoms in total. The van der Waals surface area contributed by atoms with Gasteiger partial charge >= 0.3 is 0 Å². The number of hydrogen-bond acceptors (Lipinski definition) is 4. The van der Waals surface area contributed by atoms with Crippen molar-refractivity contribution in [1.29, 1.82) is 5.26 Å². The second-order valence-corrected chi connectivity index (χ2v) is 6.91. The van der Waals surface area contributed by atoms with E-state index in [2.05, 4.69) is 31.8 Å².